The number of rotatable bonds is 3. The molecule has 0 amide bonds. The third-order valence-electron chi connectivity index (χ3n) is 4.24. The smallest absolute Gasteiger partial charge is 0.105 e. The molecule has 2 aromatic rings. The Bertz CT molecular complexity index is 762. The number of halogens is 1. The van der Waals surface area contributed by atoms with Gasteiger partial charge in [0.25, 0.3) is 0 Å². The predicted molar refractivity (Wildman–Crippen MR) is 101 cm³/mol. The summed E-state index contributed by atoms with van der Waals surface area (Å²) in [4.78, 5) is 7.23. The largest absolute Gasteiger partial charge is 0.356 e. The van der Waals surface area contributed by atoms with E-state index >= 15 is 0 Å². The van der Waals surface area contributed by atoms with Crippen LogP contribution in [0.2, 0.25) is 0 Å². The monoisotopic (exact) mass is 381 g/mol. The lowest BCUT2D eigenvalue weighted by molar-refractivity contribution is 0.408. The Balaban J connectivity index is 1.91. The molecule has 122 valence electrons. The van der Waals surface area contributed by atoms with Crippen LogP contribution in [-0.4, -0.2) is 17.3 Å². The summed E-state index contributed by atoms with van der Waals surface area (Å²) in [5.74, 6) is 1.09. The van der Waals surface area contributed by atoms with E-state index in [1.807, 2.05) is 24.3 Å². The van der Waals surface area contributed by atoms with Crippen LogP contribution in [0.5, 0.6) is 0 Å². The number of benzene rings is 2. The molecule has 1 aliphatic heterocycles. The topological polar surface area (TPSA) is 39.4 Å². The Morgan fingerprint density at radius 3 is 2.71 bits per heavy atom. The lowest BCUT2D eigenvalue weighted by Gasteiger charge is -2.24. The van der Waals surface area contributed by atoms with Gasteiger partial charge < -0.3 is 4.90 Å². The molecule has 1 heterocycles. The minimum atomic E-state index is 0.612. The second-order valence-corrected chi connectivity index (χ2v) is 6.93. The van der Waals surface area contributed by atoms with Crippen molar-refractivity contribution in [1.82, 2.24) is 4.90 Å². The molecule has 0 saturated carbocycles. The molecule has 0 radical (unpaired) electrons. The predicted octanol–water partition coefficient (Wildman–Crippen LogP) is 5.43. The first-order valence-electron chi connectivity index (χ1n) is 8.32. The third-order valence-corrected chi connectivity index (χ3v) is 4.73. The third kappa shape index (κ3) is 4.24. The Labute approximate surface area is 151 Å². The van der Waals surface area contributed by atoms with Gasteiger partial charge >= 0.3 is 0 Å². The molecule has 0 unspecified atom stereocenters. The van der Waals surface area contributed by atoms with E-state index < -0.39 is 0 Å². The van der Waals surface area contributed by atoms with Crippen LogP contribution in [0.4, 0.5) is 5.69 Å². The first kappa shape index (κ1) is 16.7. The van der Waals surface area contributed by atoms with Crippen molar-refractivity contribution in [1.29, 1.82) is 5.26 Å². The van der Waals surface area contributed by atoms with Gasteiger partial charge in [-0.05, 0) is 36.6 Å². The van der Waals surface area contributed by atoms with Crippen LogP contribution in [0.3, 0.4) is 0 Å². The number of likely N-dealkylation sites (tertiary alicyclic amines) is 1. The van der Waals surface area contributed by atoms with Gasteiger partial charge in [-0.15, -0.1) is 0 Å². The number of hydrogen-bond donors (Lipinski definition) is 0. The van der Waals surface area contributed by atoms with Crippen LogP contribution in [0.25, 0.3) is 0 Å². The van der Waals surface area contributed by atoms with E-state index in [2.05, 4.69) is 51.2 Å². The molecule has 2 aromatic carbocycles. The summed E-state index contributed by atoms with van der Waals surface area (Å²) in [6, 6.07) is 18.4. The zero-order chi connectivity index (χ0) is 16.8. The van der Waals surface area contributed by atoms with E-state index in [0.29, 0.717) is 5.56 Å². The maximum absolute atomic E-state index is 9.38. The molecule has 0 aliphatic carbocycles. The molecule has 24 heavy (non-hydrogen) atoms. The van der Waals surface area contributed by atoms with E-state index in [1.54, 1.807) is 0 Å². The summed E-state index contributed by atoms with van der Waals surface area (Å²) in [6.45, 7) is 1.89. The molecule has 0 N–H and O–H groups in total. The lowest BCUT2D eigenvalue weighted by Crippen LogP contribution is -2.29. The van der Waals surface area contributed by atoms with Crippen molar-refractivity contribution >= 4 is 27.5 Å². The van der Waals surface area contributed by atoms with Crippen LogP contribution in [-0.2, 0) is 6.54 Å². The molecule has 4 heteroatoms. The number of aliphatic imine (C=N–C) groups is 1. The van der Waals surface area contributed by atoms with Gasteiger partial charge in [0.2, 0.25) is 0 Å². The SMILES string of the molecule is N#Cc1cc(Br)ccc1N=C1CCCCCN1Cc1ccccc1. The summed E-state index contributed by atoms with van der Waals surface area (Å²) < 4.78 is 0.907. The van der Waals surface area contributed by atoms with E-state index in [1.165, 1.54) is 18.4 Å². The van der Waals surface area contributed by atoms with Crippen molar-refractivity contribution in [3.63, 3.8) is 0 Å². The Hall–Kier alpha value is -2.12. The summed E-state index contributed by atoms with van der Waals surface area (Å²) in [6.07, 6.45) is 4.54. The van der Waals surface area contributed by atoms with Crippen molar-refractivity contribution in [2.24, 2.45) is 4.99 Å². The van der Waals surface area contributed by atoms with Crippen molar-refractivity contribution < 1.29 is 0 Å². The lowest BCUT2D eigenvalue weighted by atomic mass is 10.2. The van der Waals surface area contributed by atoms with Gasteiger partial charge in [0.05, 0.1) is 11.3 Å². The Kier molecular flexibility index (Phi) is 5.66. The summed E-state index contributed by atoms with van der Waals surface area (Å²) >= 11 is 3.42. The van der Waals surface area contributed by atoms with Crippen LogP contribution in [0.1, 0.15) is 36.8 Å². The fourth-order valence-corrected chi connectivity index (χ4v) is 3.35. The standard InChI is InChI=1S/C20H20BrN3/c21-18-10-11-19(17(13-18)14-22)23-20-9-5-2-6-12-24(20)15-16-7-3-1-4-8-16/h1,3-4,7-8,10-11,13H,2,5-6,9,12,15H2. The molecule has 0 bridgehead atoms. The zero-order valence-corrected chi connectivity index (χ0v) is 15.2. The Morgan fingerprint density at radius 2 is 1.92 bits per heavy atom. The molecule has 0 aromatic heterocycles. The van der Waals surface area contributed by atoms with Gasteiger partial charge in [-0.25, -0.2) is 4.99 Å². The second kappa shape index (κ2) is 8.12. The summed E-state index contributed by atoms with van der Waals surface area (Å²) in [5, 5.41) is 9.38. The van der Waals surface area contributed by atoms with E-state index in [9.17, 15) is 5.26 Å². The molecule has 0 spiro atoms. The maximum atomic E-state index is 9.38. The number of amidine groups is 1. The fourth-order valence-electron chi connectivity index (χ4n) is 2.98. The average Bonchev–Trinajstić information content (AvgIpc) is 2.83. The van der Waals surface area contributed by atoms with E-state index in [0.717, 1.165) is 41.9 Å². The second-order valence-electron chi connectivity index (χ2n) is 6.02. The van der Waals surface area contributed by atoms with Crippen LogP contribution < -0.4 is 0 Å². The normalized spacial score (nSPS) is 16.7. The van der Waals surface area contributed by atoms with Crippen LogP contribution in [0, 0.1) is 11.3 Å². The number of nitrogens with zero attached hydrogens (tertiary/aromatic N) is 3. The average molecular weight is 382 g/mol. The van der Waals surface area contributed by atoms with Crippen LogP contribution in [0.15, 0.2) is 58.0 Å². The number of hydrogen-bond acceptors (Lipinski definition) is 2. The maximum Gasteiger partial charge on any atom is 0.105 e. The summed E-state index contributed by atoms with van der Waals surface area (Å²) in [7, 11) is 0. The Morgan fingerprint density at radius 1 is 1.08 bits per heavy atom. The minimum absolute atomic E-state index is 0.612. The van der Waals surface area contributed by atoms with Gasteiger partial charge in [0.1, 0.15) is 11.9 Å². The highest BCUT2D eigenvalue weighted by Crippen LogP contribution is 2.25. The van der Waals surface area contributed by atoms with Crippen molar-refractivity contribution in [3.8, 4) is 6.07 Å². The van der Waals surface area contributed by atoms with Gasteiger partial charge in [0.15, 0.2) is 0 Å². The molecule has 1 aliphatic rings. The molecular formula is C20H20BrN3. The number of nitriles is 1. The zero-order valence-electron chi connectivity index (χ0n) is 13.6. The molecule has 1 saturated heterocycles. The molecule has 3 rings (SSSR count). The highest BCUT2D eigenvalue weighted by Gasteiger charge is 2.16. The van der Waals surface area contributed by atoms with Crippen molar-refractivity contribution in [2.75, 3.05) is 6.54 Å². The summed E-state index contributed by atoms with van der Waals surface area (Å²) in [5.41, 5.74) is 2.67. The molecular weight excluding hydrogens is 362 g/mol. The van der Waals surface area contributed by atoms with Gasteiger partial charge in [0, 0.05) is 24.0 Å². The highest BCUT2D eigenvalue weighted by molar-refractivity contribution is 9.10. The van der Waals surface area contributed by atoms with Crippen molar-refractivity contribution in [3.05, 3.63) is 64.1 Å². The molecule has 1 fully saturated rings. The van der Waals surface area contributed by atoms with Gasteiger partial charge in [-0.2, -0.15) is 5.26 Å². The highest BCUT2D eigenvalue weighted by atomic mass is 79.9. The van der Waals surface area contributed by atoms with Crippen LogP contribution >= 0.6 is 15.9 Å². The van der Waals surface area contributed by atoms with E-state index in [-0.39, 0.29) is 0 Å². The minimum Gasteiger partial charge on any atom is -0.356 e. The first-order valence-corrected chi connectivity index (χ1v) is 9.11. The fraction of sp³-hybridized carbons (Fsp3) is 0.300. The van der Waals surface area contributed by atoms with Gasteiger partial charge in [-0.1, -0.05) is 52.7 Å². The van der Waals surface area contributed by atoms with Crippen molar-refractivity contribution in [2.45, 2.75) is 32.2 Å². The molecule has 3 nitrogen and oxygen atoms in total. The molecule has 0 atom stereocenters. The quantitative estimate of drug-likeness (QED) is 0.710. The van der Waals surface area contributed by atoms with E-state index in [4.69, 9.17) is 4.99 Å². The first-order chi connectivity index (χ1) is 11.8. The van der Waals surface area contributed by atoms with Gasteiger partial charge in [-0.3, -0.25) is 0 Å².